The molecule has 6 nitrogen and oxygen atoms in total. The molecule has 0 aliphatic carbocycles. The van der Waals surface area contributed by atoms with Crippen molar-refractivity contribution in [2.45, 2.75) is 18.2 Å². The van der Waals surface area contributed by atoms with Crippen molar-refractivity contribution in [3.05, 3.63) is 24.3 Å². The van der Waals surface area contributed by atoms with Crippen LogP contribution in [0.2, 0.25) is 0 Å². The largest absolute Gasteiger partial charge is 0.378 e. The lowest BCUT2D eigenvalue weighted by Gasteiger charge is -2.25. The molecule has 0 unspecified atom stereocenters. The fourth-order valence-electron chi connectivity index (χ4n) is 2.91. The summed E-state index contributed by atoms with van der Waals surface area (Å²) in [6, 6.07) is 7.68. The van der Waals surface area contributed by atoms with Gasteiger partial charge in [-0.2, -0.15) is 4.99 Å². The first-order valence-electron chi connectivity index (χ1n) is 7.30. The maximum Gasteiger partial charge on any atom is 0.244 e. The summed E-state index contributed by atoms with van der Waals surface area (Å²) in [5, 5.41) is 0.534. The highest BCUT2D eigenvalue weighted by Gasteiger charge is 2.49. The van der Waals surface area contributed by atoms with E-state index in [9.17, 15) is 13.2 Å². The number of anilines is 2. The van der Waals surface area contributed by atoms with Gasteiger partial charge in [0.15, 0.2) is 15.0 Å². The molecule has 1 aromatic rings. The molecule has 0 N–H and O–H groups in total. The highest BCUT2D eigenvalue weighted by molar-refractivity contribution is 8.16. The summed E-state index contributed by atoms with van der Waals surface area (Å²) < 4.78 is 23.9. The third-order valence-corrected chi connectivity index (χ3v) is 7.17. The van der Waals surface area contributed by atoms with Crippen molar-refractivity contribution in [3.63, 3.8) is 0 Å². The number of carbonyl (C=O) groups is 1. The zero-order valence-electron chi connectivity index (χ0n) is 13.3. The minimum absolute atomic E-state index is 0.0633. The van der Waals surface area contributed by atoms with Crippen LogP contribution in [0, 0.1) is 0 Å². The zero-order valence-corrected chi connectivity index (χ0v) is 14.9. The van der Waals surface area contributed by atoms with Crippen molar-refractivity contribution in [3.8, 4) is 0 Å². The number of nitrogens with zero attached hydrogens (tertiary/aromatic N) is 3. The van der Waals surface area contributed by atoms with Crippen molar-refractivity contribution in [2.75, 3.05) is 35.4 Å². The fourth-order valence-corrected chi connectivity index (χ4v) is 6.87. The quantitative estimate of drug-likeness (QED) is 0.800. The van der Waals surface area contributed by atoms with E-state index in [1.54, 1.807) is 0 Å². The number of benzene rings is 1. The Morgan fingerprint density at radius 1 is 1.26 bits per heavy atom. The maximum absolute atomic E-state index is 11.9. The van der Waals surface area contributed by atoms with Gasteiger partial charge in [0.25, 0.3) is 0 Å². The summed E-state index contributed by atoms with van der Waals surface area (Å²) in [5.41, 5.74) is 1.92. The molecule has 0 bridgehead atoms. The van der Waals surface area contributed by atoms with Gasteiger partial charge in [0.1, 0.15) is 0 Å². The monoisotopic (exact) mass is 353 g/mol. The smallest absolute Gasteiger partial charge is 0.244 e. The molecular formula is C15H19N3O3S2. The molecule has 0 saturated carbocycles. The van der Waals surface area contributed by atoms with E-state index in [2.05, 4.69) is 4.99 Å². The van der Waals surface area contributed by atoms with Crippen LogP contribution in [0.15, 0.2) is 29.3 Å². The Balaban J connectivity index is 1.99. The minimum atomic E-state index is -3.03. The number of hydrogen-bond donors (Lipinski definition) is 0. The molecule has 2 aliphatic heterocycles. The van der Waals surface area contributed by atoms with E-state index < -0.39 is 9.84 Å². The molecule has 2 fully saturated rings. The summed E-state index contributed by atoms with van der Waals surface area (Å²) >= 11 is 1.39. The number of aliphatic imine (C=N–C) groups is 1. The Labute approximate surface area is 140 Å². The summed E-state index contributed by atoms with van der Waals surface area (Å²) in [6.07, 6.45) is 0. The van der Waals surface area contributed by atoms with Crippen LogP contribution in [-0.2, 0) is 14.6 Å². The highest BCUT2D eigenvalue weighted by Crippen LogP contribution is 2.41. The van der Waals surface area contributed by atoms with Gasteiger partial charge < -0.3 is 9.80 Å². The van der Waals surface area contributed by atoms with Gasteiger partial charge in [-0.05, 0) is 24.3 Å². The molecule has 2 heterocycles. The number of sulfone groups is 1. The molecule has 2 saturated heterocycles. The van der Waals surface area contributed by atoms with Crippen molar-refractivity contribution < 1.29 is 13.2 Å². The predicted molar refractivity (Wildman–Crippen MR) is 95.2 cm³/mol. The molecule has 1 amide bonds. The summed E-state index contributed by atoms with van der Waals surface area (Å²) in [7, 11) is 0.892. The third-order valence-electron chi connectivity index (χ3n) is 3.96. The normalized spacial score (nSPS) is 27.3. The molecule has 1 aromatic carbocycles. The van der Waals surface area contributed by atoms with Crippen molar-refractivity contribution >= 4 is 44.0 Å². The lowest BCUT2D eigenvalue weighted by Crippen LogP contribution is -2.37. The van der Waals surface area contributed by atoms with Crippen LogP contribution in [0.3, 0.4) is 0 Å². The Kier molecular flexibility index (Phi) is 4.14. The topological polar surface area (TPSA) is 70.0 Å². The number of fused-ring (bicyclic) bond motifs is 1. The van der Waals surface area contributed by atoms with Crippen LogP contribution in [0.1, 0.15) is 6.92 Å². The summed E-state index contributed by atoms with van der Waals surface area (Å²) in [5.74, 6) is -0.0204. The zero-order chi connectivity index (χ0) is 16.8. The van der Waals surface area contributed by atoms with Gasteiger partial charge in [-0.15, -0.1) is 0 Å². The fraction of sp³-hybridized carbons (Fsp3) is 0.467. The van der Waals surface area contributed by atoms with E-state index in [1.807, 2.05) is 48.2 Å². The van der Waals surface area contributed by atoms with E-state index in [4.69, 9.17) is 0 Å². The van der Waals surface area contributed by atoms with E-state index in [1.165, 1.54) is 18.7 Å². The molecule has 124 valence electrons. The van der Waals surface area contributed by atoms with Gasteiger partial charge in [-0.1, -0.05) is 11.8 Å². The standard InChI is InChI=1S/C15H19N3O3S2/c1-10(19)16-15-18(12-6-4-11(5-7-12)17(2)3)13-8-23(20,21)9-14(13)22-15/h4-7,13-14H,8-9H2,1-3H3/t13-,14-/m1/s1. The second-order valence-corrected chi connectivity index (χ2v) is 9.35. The molecule has 0 spiro atoms. The van der Waals surface area contributed by atoms with Gasteiger partial charge in [0.2, 0.25) is 5.91 Å². The number of rotatable bonds is 2. The number of carbonyl (C=O) groups excluding carboxylic acids is 1. The maximum atomic E-state index is 11.9. The predicted octanol–water partition coefficient (Wildman–Crippen LogP) is 1.37. The molecule has 3 rings (SSSR count). The molecule has 0 aromatic heterocycles. The van der Waals surface area contributed by atoms with Crippen LogP contribution < -0.4 is 9.80 Å². The Bertz CT molecular complexity index is 757. The first kappa shape index (κ1) is 16.3. The molecule has 23 heavy (non-hydrogen) atoms. The minimum Gasteiger partial charge on any atom is -0.378 e. The first-order valence-corrected chi connectivity index (χ1v) is 10.00. The molecule has 2 aliphatic rings. The van der Waals surface area contributed by atoms with E-state index >= 15 is 0 Å². The average molecular weight is 353 g/mol. The average Bonchev–Trinajstić information content (AvgIpc) is 2.89. The van der Waals surface area contributed by atoms with Crippen molar-refractivity contribution in [1.29, 1.82) is 0 Å². The Morgan fingerprint density at radius 3 is 2.48 bits per heavy atom. The molecule has 2 atom stereocenters. The molecule has 0 radical (unpaired) electrons. The SMILES string of the molecule is CC(=O)N=C1S[C@@H]2CS(=O)(=O)C[C@H]2N1c1ccc(N(C)C)cc1. The number of amidine groups is 1. The van der Waals surface area contributed by atoms with Crippen LogP contribution >= 0.6 is 11.8 Å². The Hall–Kier alpha value is -1.54. The second-order valence-electron chi connectivity index (χ2n) is 5.99. The van der Waals surface area contributed by atoms with Gasteiger partial charge in [0, 0.05) is 37.6 Å². The van der Waals surface area contributed by atoms with Crippen LogP contribution in [0.4, 0.5) is 11.4 Å². The lowest BCUT2D eigenvalue weighted by atomic mass is 10.2. The second kappa shape index (κ2) is 5.83. The highest BCUT2D eigenvalue weighted by atomic mass is 32.2. The molecular weight excluding hydrogens is 334 g/mol. The van der Waals surface area contributed by atoms with E-state index in [0.29, 0.717) is 5.17 Å². The molecule has 8 heteroatoms. The van der Waals surface area contributed by atoms with Crippen LogP contribution in [0.5, 0.6) is 0 Å². The third kappa shape index (κ3) is 3.23. The summed E-state index contributed by atoms with van der Waals surface area (Å²) in [4.78, 5) is 19.4. The number of hydrogen-bond acceptors (Lipinski definition) is 5. The van der Waals surface area contributed by atoms with E-state index in [-0.39, 0.29) is 28.7 Å². The van der Waals surface area contributed by atoms with Gasteiger partial charge in [-0.25, -0.2) is 8.42 Å². The summed E-state index contributed by atoms with van der Waals surface area (Å²) in [6.45, 7) is 1.41. The number of amides is 1. The van der Waals surface area contributed by atoms with Crippen LogP contribution in [0.25, 0.3) is 0 Å². The Morgan fingerprint density at radius 2 is 1.91 bits per heavy atom. The first-order chi connectivity index (χ1) is 10.8. The van der Waals surface area contributed by atoms with Crippen molar-refractivity contribution in [1.82, 2.24) is 0 Å². The van der Waals surface area contributed by atoms with E-state index in [0.717, 1.165) is 11.4 Å². The number of thioether (sulfide) groups is 1. The van der Waals surface area contributed by atoms with Crippen molar-refractivity contribution in [2.24, 2.45) is 4.99 Å². The van der Waals surface area contributed by atoms with Gasteiger partial charge >= 0.3 is 0 Å². The van der Waals surface area contributed by atoms with Gasteiger partial charge in [-0.3, -0.25) is 4.79 Å². The van der Waals surface area contributed by atoms with Crippen LogP contribution in [-0.4, -0.2) is 56.4 Å². The van der Waals surface area contributed by atoms with Gasteiger partial charge in [0.05, 0.1) is 17.5 Å². The lowest BCUT2D eigenvalue weighted by molar-refractivity contribution is -0.115.